The molecule has 0 amide bonds. The molecular formula is C20H21FN6O2. The number of aromatic nitrogens is 4. The van der Waals surface area contributed by atoms with Crippen molar-refractivity contribution in [2.45, 2.75) is 26.4 Å². The van der Waals surface area contributed by atoms with Gasteiger partial charge >= 0.3 is 5.69 Å². The van der Waals surface area contributed by atoms with Gasteiger partial charge in [-0.1, -0.05) is 24.3 Å². The molecule has 8 nitrogen and oxygen atoms in total. The number of imidazole rings is 1. The van der Waals surface area contributed by atoms with Crippen LogP contribution in [0.5, 0.6) is 0 Å². The third-order valence-corrected chi connectivity index (χ3v) is 5.25. The molecule has 4 rings (SSSR count). The Bertz CT molecular complexity index is 1280. The molecule has 1 aliphatic rings. The van der Waals surface area contributed by atoms with Crippen molar-refractivity contribution in [1.29, 1.82) is 0 Å². The lowest BCUT2D eigenvalue weighted by Crippen LogP contribution is -2.40. The molecule has 0 saturated heterocycles. The van der Waals surface area contributed by atoms with Crippen LogP contribution in [0.2, 0.25) is 0 Å². The molecule has 1 atom stereocenters. The minimum absolute atomic E-state index is 0.160. The summed E-state index contributed by atoms with van der Waals surface area (Å²) in [7, 11) is 1.55. The Hall–Kier alpha value is -3.49. The second-order valence-electron chi connectivity index (χ2n) is 7.07. The minimum atomic E-state index is -0.554. The van der Waals surface area contributed by atoms with E-state index < -0.39 is 17.1 Å². The first kappa shape index (κ1) is 18.9. The maximum atomic E-state index is 14.1. The first-order valence-electron chi connectivity index (χ1n) is 9.23. The van der Waals surface area contributed by atoms with E-state index in [-0.39, 0.29) is 29.3 Å². The Morgan fingerprint density at radius 2 is 2.00 bits per heavy atom. The summed E-state index contributed by atoms with van der Waals surface area (Å²) in [6, 6.07) is 5.88. The molecule has 0 aliphatic carbocycles. The van der Waals surface area contributed by atoms with Crippen LogP contribution in [0.4, 0.5) is 10.3 Å². The normalized spacial score (nSPS) is 16.1. The molecule has 2 aromatic heterocycles. The molecule has 0 bridgehead atoms. The molecule has 1 unspecified atom stereocenters. The predicted octanol–water partition coefficient (Wildman–Crippen LogP) is 2.03. The zero-order valence-electron chi connectivity index (χ0n) is 16.5. The number of benzene rings is 1. The van der Waals surface area contributed by atoms with E-state index in [1.807, 2.05) is 13.8 Å². The largest absolute Gasteiger partial charge is 0.332 e. The van der Waals surface area contributed by atoms with Crippen LogP contribution in [0.15, 0.2) is 51.6 Å². The summed E-state index contributed by atoms with van der Waals surface area (Å²) >= 11 is 0. The van der Waals surface area contributed by atoms with Gasteiger partial charge in [-0.25, -0.2) is 14.2 Å². The molecule has 150 valence electrons. The summed E-state index contributed by atoms with van der Waals surface area (Å²) in [5.74, 6) is -0.000825. The molecule has 0 saturated carbocycles. The van der Waals surface area contributed by atoms with Crippen LogP contribution in [0.1, 0.15) is 25.5 Å². The van der Waals surface area contributed by atoms with Gasteiger partial charge in [-0.3, -0.25) is 18.5 Å². The Balaban J connectivity index is 2.01. The molecule has 0 radical (unpaired) electrons. The number of rotatable bonds is 4. The van der Waals surface area contributed by atoms with E-state index >= 15 is 0 Å². The van der Waals surface area contributed by atoms with Gasteiger partial charge in [0.25, 0.3) is 5.56 Å². The summed E-state index contributed by atoms with van der Waals surface area (Å²) in [6.07, 6.45) is 1.69. The fraction of sp³-hybridized carbons (Fsp3) is 0.300. The lowest BCUT2D eigenvalue weighted by molar-refractivity contribution is 0.580. The van der Waals surface area contributed by atoms with Gasteiger partial charge in [-0.05, 0) is 19.9 Å². The standard InChI is InChI=1S/C20H21FN6O2/c1-5-10-26-19-22-17-16(27(19)13(3)12(2)23-26)18(28)25(20(29)24(17)4)11-14-8-6-7-9-15(14)21/h5-9,13H,1,10-11H2,2-4H3. The van der Waals surface area contributed by atoms with Crippen molar-refractivity contribution in [3.05, 3.63) is 69.1 Å². The molecule has 3 aromatic rings. The third-order valence-electron chi connectivity index (χ3n) is 5.25. The molecule has 0 N–H and O–H groups in total. The van der Waals surface area contributed by atoms with Crippen LogP contribution in [-0.4, -0.2) is 30.9 Å². The van der Waals surface area contributed by atoms with Gasteiger partial charge in [0.15, 0.2) is 11.2 Å². The van der Waals surface area contributed by atoms with Crippen molar-refractivity contribution in [2.75, 3.05) is 11.6 Å². The summed E-state index contributed by atoms with van der Waals surface area (Å²) in [4.78, 5) is 30.8. The van der Waals surface area contributed by atoms with E-state index in [1.54, 1.807) is 40.9 Å². The molecule has 0 spiro atoms. The Kier molecular flexibility index (Phi) is 4.45. The number of hydrazone groups is 1. The smallest absolute Gasteiger partial charge is 0.294 e. The van der Waals surface area contributed by atoms with Crippen molar-refractivity contribution < 1.29 is 4.39 Å². The average molecular weight is 396 g/mol. The van der Waals surface area contributed by atoms with Gasteiger partial charge in [0, 0.05) is 12.6 Å². The van der Waals surface area contributed by atoms with E-state index in [0.29, 0.717) is 12.5 Å². The second kappa shape index (κ2) is 6.84. The number of fused-ring (bicyclic) bond motifs is 3. The van der Waals surface area contributed by atoms with Crippen molar-refractivity contribution in [3.63, 3.8) is 0 Å². The highest BCUT2D eigenvalue weighted by molar-refractivity contribution is 5.91. The zero-order chi connectivity index (χ0) is 20.9. The van der Waals surface area contributed by atoms with Gasteiger partial charge in [0.1, 0.15) is 5.82 Å². The maximum absolute atomic E-state index is 14.1. The highest BCUT2D eigenvalue weighted by Gasteiger charge is 2.30. The first-order valence-corrected chi connectivity index (χ1v) is 9.23. The van der Waals surface area contributed by atoms with Crippen molar-refractivity contribution in [3.8, 4) is 0 Å². The summed E-state index contributed by atoms with van der Waals surface area (Å²) in [5, 5.41) is 6.17. The summed E-state index contributed by atoms with van der Waals surface area (Å²) < 4.78 is 18.3. The van der Waals surface area contributed by atoms with Crippen LogP contribution in [0, 0.1) is 5.82 Å². The number of nitrogens with zero attached hydrogens (tertiary/aromatic N) is 6. The average Bonchev–Trinajstić information content (AvgIpc) is 3.10. The van der Waals surface area contributed by atoms with Gasteiger partial charge in [-0.15, -0.1) is 6.58 Å². The molecule has 1 aliphatic heterocycles. The van der Waals surface area contributed by atoms with E-state index in [0.717, 1.165) is 10.3 Å². The molecular weight excluding hydrogens is 375 g/mol. The lowest BCUT2D eigenvalue weighted by atomic mass is 10.2. The third kappa shape index (κ3) is 2.81. The monoisotopic (exact) mass is 396 g/mol. The van der Waals surface area contributed by atoms with E-state index in [2.05, 4.69) is 16.7 Å². The first-order chi connectivity index (χ1) is 13.8. The Morgan fingerprint density at radius 3 is 2.69 bits per heavy atom. The van der Waals surface area contributed by atoms with E-state index in [1.165, 1.54) is 10.6 Å². The number of aryl methyl sites for hydroxylation is 1. The van der Waals surface area contributed by atoms with Crippen molar-refractivity contribution in [2.24, 2.45) is 12.1 Å². The molecule has 9 heteroatoms. The molecule has 0 fully saturated rings. The van der Waals surface area contributed by atoms with Gasteiger partial charge < -0.3 is 0 Å². The fourth-order valence-electron chi connectivity index (χ4n) is 3.56. The molecule has 1 aromatic carbocycles. The lowest BCUT2D eigenvalue weighted by Gasteiger charge is -2.28. The maximum Gasteiger partial charge on any atom is 0.332 e. The SMILES string of the molecule is C=CCN1N=C(C)C(C)n2c1nc1c2c(=O)n(Cc2ccccc2F)c(=O)n1C. The van der Waals surface area contributed by atoms with Crippen LogP contribution in [0.3, 0.4) is 0 Å². The number of hydrogen-bond acceptors (Lipinski definition) is 5. The Morgan fingerprint density at radius 1 is 1.28 bits per heavy atom. The van der Waals surface area contributed by atoms with Crippen LogP contribution in [-0.2, 0) is 13.6 Å². The fourth-order valence-corrected chi connectivity index (χ4v) is 3.56. The second-order valence-corrected chi connectivity index (χ2v) is 7.07. The van der Waals surface area contributed by atoms with Crippen LogP contribution in [0.25, 0.3) is 11.2 Å². The number of halogens is 1. The molecule has 3 heterocycles. The Labute approximate surface area is 165 Å². The van der Waals surface area contributed by atoms with E-state index in [4.69, 9.17) is 0 Å². The summed E-state index contributed by atoms with van der Waals surface area (Å²) in [6.45, 7) is 7.77. The predicted molar refractivity (Wildman–Crippen MR) is 110 cm³/mol. The summed E-state index contributed by atoms with van der Waals surface area (Å²) in [5.41, 5.74) is 0.558. The minimum Gasteiger partial charge on any atom is -0.294 e. The number of hydrogen-bond donors (Lipinski definition) is 0. The number of anilines is 1. The van der Waals surface area contributed by atoms with Gasteiger partial charge in [0.05, 0.1) is 24.8 Å². The van der Waals surface area contributed by atoms with Crippen LogP contribution < -0.4 is 16.3 Å². The highest BCUT2D eigenvalue weighted by Crippen LogP contribution is 2.29. The molecule has 29 heavy (non-hydrogen) atoms. The highest BCUT2D eigenvalue weighted by atomic mass is 19.1. The quantitative estimate of drug-likeness (QED) is 0.633. The van der Waals surface area contributed by atoms with Gasteiger partial charge in [0.2, 0.25) is 5.95 Å². The van der Waals surface area contributed by atoms with E-state index in [9.17, 15) is 14.0 Å². The van der Waals surface area contributed by atoms with Crippen LogP contribution >= 0.6 is 0 Å². The van der Waals surface area contributed by atoms with Crippen molar-refractivity contribution in [1.82, 2.24) is 18.7 Å². The van der Waals surface area contributed by atoms with Gasteiger partial charge in [-0.2, -0.15) is 10.1 Å². The topological polar surface area (TPSA) is 77.4 Å². The van der Waals surface area contributed by atoms with Crippen molar-refractivity contribution >= 4 is 22.8 Å². The zero-order valence-corrected chi connectivity index (χ0v) is 16.5.